The number of unbranched alkanes of at least 4 members (excludes halogenated alkanes) is 15. The van der Waals surface area contributed by atoms with Crippen LogP contribution < -0.4 is 5.32 Å². The highest BCUT2D eigenvalue weighted by Crippen LogP contribution is 2.42. The van der Waals surface area contributed by atoms with Crippen LogP contribution in [-0.4, -0.2) is 54.3 Å². The highest BCUT2D eigenvalue weighted by molar-refractivity contribution is 7.47. The molecule has 59 heavy (non-hydrogen) atoms. The van der Waals surface area contributed by atoms with Crippen molar-refractivity contribution in [3.05, 3.63) is 85.1 Å². The summed E-state index contributed by atoms with van der Waals surface area (Å²) in [6.45, 7) is 3.37. The van der Waals surface area contributed by atoms with Crippen LogP contribution in [0.1, 0.15) is 181 Å². The van der Waals surface area contributed by atoms with E-state index >= 15 is 0 Å². The number of ether oxygens (including phenoxy) is 1. The molecule has 10 heteroatoms. The number of phosphoric acid groups is 1. The Labute approximate surface area is 360 Å². The Morgan fingerprint density at radius 2 is 0.966 bits per heavy atom. The van der Waals surface area contributed by atoms with E-state index in [0.717, 1.165) is 109 Å². The van der Waals surface area contributed by atoms with Gasteiger partial charge in [0.1, 0.15) is 12.7 Å². The standard InChI is InChI=1S/C49H84NO8P/c1-3-5-7-9-11-13-15-17-19-21-22-23-24-26-27-29-31-33-35-37-39-41-48(52)50-43-44-57-59(54,55)58-46-47(51)45-56-49(53)42-40-38-36-34-32-30-28-25-20-18-16-14-12-10-8-6-4-2/h6,8,11-14,17-20,22-23,26-27,47,51H,3-5,7,9-10,15-16,21,24-25,28-46H2,1-2H3,(H,50,52)(H,54,55)/b8-6-,13-11-,14-12-,19-17-,20-18-,23-22-,27-26-. The molecule has 3 N–H and O–H groups in total. The van der Waals surface area contributed by atoms with Crippen molar-refractivity contribution in [1.82, 2.24) is 5.32 Å². The van der Waals surface area contributed by atoms with E-state index in [-0.39, 0.29) is 32.1 Å². The third-order valence-corrected chi connectivity index (χ3v) is 10.3. The van der Waals surface area contributed by atoms with E-state index in [4.69, 9.17) is 13.8 Å². The lowest BCUT2D eigenvalue weighted by Crippen LogP contribution is -2.27. The van der Waals surface area contributed by atoms with Crippen LogP contribution in [0.3, 0.4) is 0 Å². The first-order valence-corrected chi connectivity index (χ1v) is 24.6. The van der Waals surface area contributed by atoms with Crippen LogP contribution in [0.5, 0.6) is 0 Å². The molecule has 9 nitrogen and oxygen atoms in total. The Bertz CT molecular complexity index is 1240. The summed E-state index contributed by atoms with van der Waals surface area (Å²) in [5.74, 6) is -0.550. The fourth-order valence-corrected chi connectivity index (χ4v) is 6.60. The van der Waals surface area contributed by atoms with Gasteiger partial charge in [-0.25, -0.2) is 4.57 Å². The second kappa shape index (κ2) is 44.7. The molecule has 0 aliphatic heterocycles. The van der Waals surface area contributed by atoms with Gasteiger partial charge in [-0.15, -0.1) is 0 Å². The van der Waals surface area contributed by atoms with E-state index in [1.54, 1.807) is 0 Å². The molecule has 0 saturated carbocycles. The monoisotopic (exact) mass is 846 g/mol. The number of rotatable bonds is 42. The van der Waals surface area contributed by atoms with Crippen molar-refractivity contribution in [3.8, 4) is 0 Å². The summed E-state index contributed by atoms with van der Waals surface area (Å²) < 4.78 is 26.9. The fraction of sp³-hybridized carbons (Fsp3) is 0.673. The summed E-state index contributed by atoms with van der Waals surface area (Å²) in [5.41, 5.74) is 0. The summed E-state index contributed by atoms with van der Waals surface area (Å²) in [5, 5.41) is 12.7. The van der Waals surface area contributed by atoms with Crippen molar-refractivity contribution >= 4 is 19.7 Å². The third kappa shape index (κ3) is 46.1. The Morgan fingerprint density at radius 1 is 0.542 bits per heavy atom. The summed E-state index contributed by atoms with van der Waals surface area (Å²) in [6, 6.07) is 0. The van der Waals surface area contributed by atoms with Crippen LogP contribution in [-0.2, 0) is 27.9 Å². The van der Waals surface area contributed by atoms with E-state index in [1.807, 2.05) is 0 Å². The number of esters is 1. The molecule has 2 unspecified atom stereocenters. The van der Waals surface area contributed by atoms with Crippen LogP contribution in [0.15, 0.2) is 85.1 Å². The molecule has 338 valence electrons. The molecule has 0 aromatic carbocycles. The van der Waals surface area contributed by atoms with Crippen molar-refractivity contribution in [3.63, 3.8) is 0 Å². The van der Waals surface area contributed by atoms with Gasteiger partial charge in [0.05, 0.1) is 13.2 Å². The molecule has 0 aromatic heterocycles. The van der Waals surface area contributed by atoms with Crippen LogP contribution in [0.25, 0.3) is 0 Å². The van der Waals surface area contributed by atoms with Gasteiger partial charge in [0.15, 0.2) is 0 Å². The van der Waals surface area contributed by atoms with Gasteiger partial charge >= 0.3 is 13.8 Å². The van der Waals surface area contributed by atoms with Gasteiger partial charge in [0, 0.05) is 19.4 Å². The van der Waals surface area contributed by atoms with Gasteiger partial charge in [-0.05, 0) is 89.9 Å². The van der Waals surface area contributed by atoms with Crippen LogP contribution in [0, 0.1) is 0 Å². The fourth-order valence-electron chi connectivity index (χ4n) is 5.85. The average Bonchev–Trinajstić information content (AvgIpc) is 3.22. The number of aliphatic hydroxyl groups is 1. The minimum absolute atomic E-state index is 0.0652. The maximum atomic E-state index is 12.1. The largest absolute Gasteiger partial charge is 0.472 e. The zero-order valence-electron chi connectivity index (χ0n) is 37.2. The highest BCUT2D eigenvalue weighted by Gasteiger charge is 2.23. The summed E-state index contributed by atoms with van der Waals surface area (Å²) in [6.07, 6.45) is 56.5. The lowest BCUT2D eigenvalue weighted by molar-refractivity contribution is -0.147. The molecule has 0 aliphatic rings. The molecule has 0 fully saturated rings. The minimum atomic E-state index is -4.43. The Balaban J connectivity index is 3.66. The second-order valence-corrected chi connectivity index (χ2v) is 16.4. The Kier molecular flexibility index (Phi) is 42.6. The maximum Gasteiger partial charge on any atom is 0.472 e. The SMILES string of the molecule is CC/C=C\C/C=C\C/C=C\CCCCCCCCCC(=O)OCC(O)COP(=O)(O)OCCNC(=O)CCCCCCC/C=C\C/C=C\C/C=C\C/C=C\CCCCC. The summed E-state index contributed by atoms with van der Waals surface area (Å²) >= 11 is 0. The minimum Gasteiger partial charge on any atom is -0.463 e. The number of carbonyl (C=O) groups excluding carboxylic acids is 2. The topological polar surface area (TPSA) is 131 Å². The van der Waals surface area contributed by atoms with Gasteiger partial charge in [0.25, 0.3) is 0 Å². The number of hydrogen-bond acceptors (Lipinski definition) is 7. The first kappa shape index (κ1) is 56.2. The van der Waals surface area contributed by atoms with Gasteiger partial charge in [-0.1, -0.05) is 163 Å². The van der Waals surface area contributed by atoms with Crippen molar-refractivity contribution in [2.75, 3.05) is 26.4 Å². The lowest BCUT2D eigenvalue weighted by atomic mass is 10.1. The predicted molar refractivity (Wildman–Crippen MR) is 247 cm³/mol. The number of carbonyl (C=O) groups is 2. The number of hydrogen-bond donors (Lipinski definition) is 3. The van der Waals surface area contributed by atoms with E-state index < -0.39 is 26.5 Å². The Hall–Kier alpha value is -2.81. The second-order valence-electron chi connectivity index (χ2n) is 15.0. The lowest BCUT2D eigenvalue weighted by Gasteiger charge is -2.15. The van der Waals surface area contributed by atoms with Crippen LogP contribution in [0.4, 0.5) is 0 Å². The molecule has 0 bridgehead atoms. The third-order valence-electron chi connectivity index (χ3n) is 9.31. The number of phosphoric ester groups is 1. The maximum absolute atomic E-state index is 12.1. The number of amides is 1. The first-order chi connectivity index (χ1) is 28.8. The number of aliphatic hydroxyl groups excluding tert-OH is 1. The molecule has 0 aliphatic carbocycles. The predicted octanol–water partition coefficient (Wildman–Crippen LogP) is 13.2. The quantitative estimate of drug-likeness (QED) is 0.0240. The molecule has 0 rings (SSSR count). The normalized spacial score (nSPS) is 14.0. The molecular formula is C49H84NO8P. The van der Waals surface area contributed by atoms with Crippen molar-refractivity contribution < 1.29 is 37.9 Å². The molecule has 0 spiro atoms. The van der Waals surface area contributed by atoms with Gasteiger partial charge in [-0.3, -0.25) is 18.6 Å². The van der Waals surface area contributed by atoms with Crippen molar-refractivity contribution in [1.29, 1.82) is 0 Å². The van der Waals surface area contributed by atoms with E-state index in [0.29, 0.717) is 6.42 Å². The zero-order chi connectivity index (χ0) is 43.2. The summed E-state index contributed by atoms with van der Waals surface area (Å²) in [4.78, 5) is 34.0. The zero-order valence-corrected chi connectivity index (χ0v) is 38.1. The summed E-state index contributed by atoms with van der Waals surface area (Å²) in [7, 11) is -4.43. The molecule has 2 atom stereocenters. The van der Waals surface area contributed by atoms with Crippen molar-refractivity contribution in [2.45, 2.75) is 187 Å². The molecule has 0 aromatic rings. The van der Waals surface area contributed by atoms with Gasteiger partial charge in [-0.2, -0.15) is 0 Å². The Morgan fingerprint density at radius 3 is 1.46 bits per heavy atom. The number of allylic oxidation sites excluding steroid dienone is 14. The van der Waals surface area contributed by atoms with E-state index in [1.165, 1.54) is 44.9 Å². The molecule has 0 heterocycles. The molecule has 1 amide bonds. The van der Waals surface area contributed by atoms with E-state index in [9.17, 15) is 24.2 Å². The van der Waals surface area contributed by atoms with Gasteiger partial charge in [0.2, 0.25) is 5.91 Å². The highest BCUT2D eigenvalue weighted by atomic mass is 31.2. The number of nitrogens with one attached hydrogen (secondary N) is 1. The van der Waals surface area contributed by atoms with E-state index in [2.05, 4.69) is 104 Å². The van der Waals surface area contributed by atoms with Gasteiger partial charge < -0.3 is 20.1 Å². The molecule has 0 saturated heterocycles. The smallest absolute Gasteiger partial charge is 0.463 e. The first-order valence-electron chi connectivity index (χ1n) is 23.1. The molecule has 0 radical (unpaired) electrons. The van der Waals surface area contributed by atoms with Crippen LogP contribution >= 0.6 is 7.82 Å². The molecular weight excluding hydrogens is 762 g/mol. The average molecular weight is 846 g/mol. The van der Waals surface area contributed by atoms with Crippen LogP contribution in [0.2, 0.25) is 0 Å². The van der Waals surface area contributed by atoms with Crippen molar-refractivity contribution in [2.24, 2.45) is 0 Å².